The van der Waals surface area contributed by atoms with E-state index in [0.29, 0.717) is 10.0 Å². The maximum absolute atomic E-state index is 12.1. The van der Waals surface area contributed by atoms with Crippen LogP contribution in [-0.4, -0.2) is 18.0 Å². The van der Waals surface area contributed by atoms with Gasteiger partial charge in [-0.15, -0.1) is 0 Å². The normalized spacial score (nSPS) is 18.1. The van der Waals surface area contributed by atoms with Crippen molar-refractivity contribution in [3.8, 4) is 6.07 Å². The van der Waals surface area contributed by atoms with E-state index in [2.05, 4.69) is 11.4 Å². The minimum absolute atomic E-state index is 0.0785. The van der Waals surface area contributed by atoms with Gasteiger partial charge in [0.1, 0.15) is 11.6 Å². The lowest BCUT2D eigenvalue weighted by molar-refractivity contribution is -0.682. The molecule has 3 N–H and O–H groups in total. The summed E-state index contributed by atoms with van der Waals surface area (Å²) in [4.78, 5) is 12.1. The summed E-state index contributed by atoms with van der Waals surface area (Å²) in [5, 5.41) is 15.1. The molecule has 0 radical (unpaired) electrons. The molecule has 1 fully saturated rings. The Balaban J connectivity index is 1.87. The predicted molar refractivity (Wildman–Crippen MR) is 86.6 cm³/mol. The lowest BCUT2D eigenvalue weighted by Crippen LogP contribution is -2.87. The van der Waals surface area contributed by atoms with Gasteiger partial charge in [-0.25, -0.2) is 0 Å². The molecule has 118 valence electrons. The number of benzene rings is 1. The number of hydrogen-bond donors (Lipinski definition) is 2. The number of amides is 1. The lowest BCUT2D eigenvalue weighted by atomic mass is 9.98. The van der Waals surface area contributed by atoms with Gasteiger partial charge >= 0.3 is 0 Å². The molecule has 1 aromatic carbocycles. The molecule has 0 unspecified atom stereocenters. The van der Waals surface area contributed by atoms with E-state index < -0.39 is 5.54 Å². The van der Waals surface area contributed by atoms with Gasteiger partial charge in [-0.05, 0) is 44.7 Å². The summed E-state index contributed by atoms with van der Waals surface area (Å²) in [6.07, 6.45) is 2.02. The number of rotatable bonds is 6. The van der Waals surface area contributed by atoms with Crippen molar-refractivity contribution in [1.29, 1.82) is 5.26 Å². The number of hydrogen-bond acceptors (Lipinski definition) is 2. The fourth-order valence-electron chi connectivity index (χ4n) is 2.44. The smallest absolute Gasteiger partial charge is 0.276 e. The molecule has 0 heterocycles. The van der Waals surface area contributed by atoms with Crippen LogP contribution in [0.1, 0.15) is 38.3 Å². The third-order valence-electron chi connectivity index (χ3n) is 4.15. The fraction of sp³-hybridized carbons (Fsp3) is 0.500. The molecule has 6 heteroatoms. The first kappa shape index (κ1) is 17.1. The molecule has 1 amide bonds. The average molecular weight is 341 g/mol. The van der Waals surface area contributed by atoms with E-state index in [1.807, 2.05) is 24.4 Å². The predicted octanol–water partition coefficient (Wildman–Crippen LogP) is 2.43. The first-order valence-corrected chi connectivity index (χ1v) is 8.12. The number of quaternary nitrogens is 1. The summed E-state index contributed by atoms with van der Waals surface area (Å²) in [5.41, 5.74) is 0.269. The third-order valence-corrected chi connectivity index (χ3v) is 4.89. The van der Waals surface area contributed by atoms with E-state index in [-0.39, 0.29) is 24.4 Å². The molecule has 2 atom stereocenters. The number of nitrogens with one attached hydrogen (secondary N) is 1. The first-order valence-electron chi connectivity index (χ1n) is 7.36. The van der Waals surface area contributed by atoms with E-state index in [4.69, 9.17) is 23.2 Å². The fourth-order valence-corrected chi connectivity index (χ4v) is 2.74. The Hall–Kier alpha value is -1.28. The van der Waals surface area contributed by atoms with Crippen LogP contribution in [-0.2, 0) is 4.79 Å². The molecule has 1 saturated carbocycles. The molecule has 1 aliphatic rings. The first-order chi connectivity index (χ1) is 10.4. The number of nitrogens with zero attached hydrogens (tertiary/aromatic N) is 1. The molecule has 1 aliphatic carbocycles. The van der Waals surface area contributed by atoms with E-state index in [1.54, 1.807) is 13.0 Å². The zero-order chi connectivity index (χ0) is 16.3. The van der Waals surface area contributed by atoms with Crippen molar-refractivity contribution >= 4 is 29.1 Å². The van der Waals surface area contributed by atoms with Crippen LogP contribution in [0.25, 0.3) is 0 Å². The molecule has 0 aromatic heterocycles. The van der Waals surface area contributed by atoms with Crippen molar-refractivity contribution < 1.29 is 10.1 Å². The van der Waals surface area contributed by atoms with Gasteiger partial charge in [0.25, 0.3) is 5.91 Å². The topological polar surface area (TPSA) is 69.5 Å². The maximum atomic E-state index is 12.1. The number of halogens is 2. The summed E-state index contributed by atoms with van der Waals surface area (Å²) in [5.74, 6) is 0.164. The van der Waals surface area contributed by atoms with Gasteiger partial charge in [0, 0.05) is 5.56 Å². The highest BCUT2D eigenvalue weighted by molar-refractivity contribution is 6.42. The van der Waals surface area contributed by atoms with Crippen LogP contribution in [0.4, 0.5) is 0 Å². The Kier molecular flexibility index (Phi) is 5.33. The summed E-state index contributed by atoms with van der Waals surface area (Å²) >= 11 is 11.9. The van der Waals surface area contributed by atoms with Crippen LogP contribution in [0.2, 0.25) is 10.0 Å². The molecular formula is C16H20Cl2N3O+. The second-order valence-corrected chi connectivity index (χ2v) is 6.85. The molecule has 2 rings (SSSR count). The molecule has 4 nitrogen and oxygen atoms in total. The van der Waals surface area contributed by atoms with Gasteiger partial charge in [-0.2, -0.15) is 5.26 Å². The van der Waals surface area contributed by atoms with E-state index in [1.165, 1.54) is 0 Å². The van der Waals surface area contributed by atoms with Gasteiger partial charge in [0.15, 0.2) is 6.54 Å². The van der Waals surface area contributed by atoms with Crippen molar-refractivity contribution in [2.75, 3.05) is 6.54 Å². The maximum Gasteiger partial charge on any atom is 0.276 e. The van der Waals surface area contributed by atoms with Crippen molar-refractivity contribution in [3.63, 3.8) is 0 Å². The quantitative estimate of drug-likeness (QED) is 0.834. The molecule has 0 spiro atoms. The van der Waals surface area contributed by atoms with E-state index >= 15 is 0 Å². The Bertz CT molecular complexity index is 610. The van der Waals surface area contributed by atoms with Gasteiger partial charge in [0.05, 0.1) is 16.1 Å². The van der Waals surface area contributed by atoms with Crippen LogP contribution < -0.4 is 10.6 Å². The Labute approximate surface area is 140 Å². The van der Waals surface area contributed by atoms with Crippen molar-refractivity contribution in [3.05, 3.63) is 33.8 Å². The summed E-state index contributed by atoms with van der Waals surface area (Å²) in [7, 11) is 0. The third kappa shape index (κ3) is 4.13. The highest BCUT2D eigenvalue weighted by atomic mass is 35.5. The summed E-state index contributed by atoms with van der Waals surface area (Å²) in [6, 6.07) is 7.77. The SMILES string of the molecule is C[C@H]([NH2+]CC(=O)N[C@](C)(C#N)C1CC1)c1ccc(Cl)c(Cl)c1. The molecule has 0 bridgehead atoms. The molecular weight excluding hydrogens is 321 g/mol. The average Bonchev–Trinajstić information content (AvgIpc) is 3.32. The van der Waals surface area contributed by atoms with Gasteiger partial charge in [0.2, 0.25) is 0 Å². The number of carbonyl (C=O) groups is 1. The van der Waals surface area contributed by atoms with Crippen molar-refractivity contribution in [2.45, 2.75) is 38.3 Å². The number of nitrogens with two attached hydrogens (primary N) is 1. The van der Waals surface area contributed by atoms with Gasteiger partial charge in [-0.1, -0.05) is 29.3 Å². The second-order valence-electron chi connectivity index (χ2n) is 6.04. The van der Waals surface area contributed by atoms with Crippen LogP contribution in [0.15, 0.2) is 18.2 Å². The second kappa shape index (κ2) is 6.87. The van der Waals surface area contributed by atoms with Crippen LogP contribution >= 0.6 is 23.2 Å². The van der Waals surface area contributed by atoms with Gasteiger partial charge < -0.3 is 10.6 Å². The summed E-state index contributed by atoms with van der Waals surface area (Å²) in [6.45, 7) is 4.06. The zero-order valence-corrected chi connectivity index (χ0v) is 14.2. The highest BCUT2D eigenvalue weighted by Crippen LogP contribution is 2.39. The Morgan fingerprint density at radius 1 is 1.50 bits per heavy atom. The molecule has 0 saturated heterocycles. The Morgan fingerprint density at radius 2 is 2.18 bits per heavy atom. The van der Waals surface area contributed by atoms with Crippen LogP contribution in [0, 0.1) is 17.2 Å². The zero-order valence-electron chi connectivity index (χ0n) is 12.7. The standard InChI is InChI=1S/C16H19Cl2N3O/c1-10(11-3-6-13(17)14(18)7-11)20-8-15(22)21-16(2,9-19)12-4-5-12/h3,6-7,10,12,20H,4-5,8H2,1-2H3,(H,21,22)/p+1/t10-,16+/m0/s1. The molecule has 0 aliphatic heterocycles. The molecule has 1 aromatic rings. The van der Waals surface area contributed by atoms with E-state index in [0.717, 1.165) is 18.4 Å². The minimum atomic E-state index is -0.738. The largest absolute Gasteiger partial charge is 0.333 e. The molecule has 22 heavy (non-hydrogen) atoms. The lowest BCUT2D eigenvalue weighted by Gasteiger charge is -2.22. The minimum Gasteiger partial charge on any atom is -0.333 e. The van der Waals surface area contributed by atoms with Gasteiger partial charge in [-0.3, -0.25) is 4.79 Å². The monoisotopic (exact) mass is 340 g/mol. The van der Waals surface area contributed by atoms with E-state index in [9.17, 15) is 10.1 Å². The van der Waals surface area contributed by atoms with Crippen molar-refractivity contribution in [2.24, 2.45) is 5.92 Å². The Morgan fingerprint density at radius 3 is 2.73 bits per heavy atom. The van der Waals surface area contributed by atoms with Crippen LogP contribution in [0.3, 0.4) is 0 Å². The number of nitriles is 1. The number of carbonyl (C=O) groups excluding carboxylic acids is 1. The summed E-state index contributed by atoms with van der Waals surface area (Å²) < 4.78 is 0. The van der Waals surface area contributed by atoms with Crippen LogP contribution in [0.5, 0.6) is 0 Å². The van der Waals surface area contributed by atoms with Crippen molar-refractivity contribution in [1.82, 2.24) is 5.32 Å². The highest BCUT2D eigenvalue weighted by Gasteiger charge is 2.43.